The van der Waals surface area contributed by atoms with Crippen molar-refractivity contribution < 1.29 is 18.0 Å². The van der Waals surface area contributed by atoms with Gasteiger partial charge in [0.15, 0.2) is 0 Å². The van der Waals surface area contributed by atoms with E-state index in [1.165, 1.54) is 12.1 Å². The molecule has 1 aromatic rings. The van der Waals surface area contributed by atoms with Crippen molar-refractivity contribution in [3.8, 4) is 0 Å². The van der Waals surface area contributed by atoms with E-state index in [9.17, 15) is 13.2 Å². The first-order valence-electron chi connectivity index (χ1n) is 4.33. The molecule has 0 fully saturated rings. The van der Waals surface area contributed by atoms with Crippen LogP contribution in [0.1, 0.15) is 13.3 Å². The topological polar surface area (TPSA) is 72.5 Å². The van der Waals surface area contributed by atoms with E-state index in [0.717, 1.165) is 0 Å². The maximum atomic E-state index is 11.5. The monoisotopic (exact) mass is 229 g/mol. The summed E-state index contributed by atoms with van der Waals surface area (Å²) < 4.78 is 22.9. The van der Waals surface area contributed by atoms with Gasteiger partial charge in [0.25, 0.3) is 10.0 Å². The SMILES string of the molecule is CCC(=O)ONS(=O)(=O)c1ccccc1. The van der Waals surface area contributed by atoms with Crippen LogP contribution in [0, 0.1) is 0 Å². The van der Waals surface area contributed by atoms with E-state index < -0.39 is 16.0 Å². The molecule has 0 saturated heterocycles. The first-order chi connectivity index (χ1) is 7.06. The summed E-state index contributed by atoms with van der Waals surface area (Å²) in [7, 11) is -3.76. The van der Waals surface area contributed by atoms with E-state index in [-0.39, 0.29) is 11.3 Å². The largest absolute Gasteiger partial charge is 0.356 e. The summed E-state index contributed by atoms with van der Waals surface area (Å²) in [4.78, 5) is 16.9. The highest BCUT2D eigenvalue weighted by Gasteiger charge is 2.14. The van der Waals surface area contributed by atoms with Crippen molar-refractivity contribution in [2.75, 3.05) is 0 Å². The molecule has 5 nitrogen and oxygen atoms in total. The van der Waals surface area contributed by atoms with Crippen molar-refractivity contribution in [2.45, 2.75) is 18.2 Å². The molecule has 0 unspecified atom stereocenters. The zero-order valence-electron chi connectivity index (χ0n) is 8.14. The van der Waals surface area contributed by atoms with Gasteiger partial charge in [0.1, 0.15) is 0 Å². The van der Waals surface area contributed by atoms with Crippen LogP contribution in [0.5, 0.6) is 0 Å². The number of rotatable bonds is 4. The van der Waals surface area contributed by atoms with Gasteiger partial charge in [-0.3, -0.25) is 4.79 Å². The summed E-state index contributed by atoms with van der Waals surface area (Å²) in [5.74, 6) is -0.630. The fraction of sp³-hybridized carbons (Fsp3) is 0.222. The quantitative estimate of drug-likeness (QED) is 0.776. The second-order valence-electron chi connectivity index (χ2n) is 2.73. The Morgan fingerprint density at radius 3 is 2.47 bits per heavy atom. The molecule has 0 aliphatic carbocycles. The maximum Gasteiger partial charge on any atom is 0.325 e. The molecule has 15 heavy (non-hydrogen) atoms. The molecule has 0 atom stereocenters. The molecule has 1 N–H and O–H groups in total. The molecular formula is C9H11NO4S. The van der Waals surface area contributed by atoms with Crippen LogP contribution in [0.15, 0.2) is 35.2 Å². The molecule has 0 aromatic heterocycles. The number of sulfonamides is 1. The Kier molecular flexibility index (Phi) is 3.81. The van der Waals surface area contributed by atoms with Crippen LogP contribution < -0.4 is 4.89 Å². The zero-order chi connectivity index (χ0) is 11.3. The summed E-state index contributed by atoms with van der Waals surface area (Å²) in [6.07, 6.45) is 0.108. The van der Waals surface area contributed by atoms with Crippen LogP contribution in [0.2, 0.25) is 0 Å². The standard InChI is InChI=1S/C9H11NO4S/c1-2-9(11)14-10-15(12,13)8-6-4-3-5-7-8/h3-7,10H,2H2,1H3. The first-order valence-corrected chi connectivity index (χ1v) is 5.81. The molecule has 1 aromatic carbocycles. The highest BCUT2D eigenvalue weighted by Crippen LogP contribution is 2.06. The number of nitrogens with one attached hydrogen (secondary N) is 1. The minimum absolute atomic E-state index is 0.0499. The van der Waals surface area contributed by atoms with E-state index in [1.54, 1.807) is 30.0 Å². The lowest BCUT2D eigenvalue weighted by atomic mass is 10.4. The molecule has 0 aliphatic rings. The van der Waals surface area contributed by atoms with Crippen molar-refractivity contribution in [3.63, 3.8) is 0 Å². The van der Waals surface area contributed by atoms with Crippen molar-refractivity contribution in [2.24, 2.45) is 0 Å². The van der Waals surface area contributed by atoms with Gasteiger partial charge in [-0.2, -0.15) is 0 Å². The van der Waals surface area contributed by atoms with Gasteiger partial charge in [-0.1, -0.05) is 25.1 Å². The van der Waals surface area contributed by atoms with E-state index >= 15 is 0 Å². The molecule has 0 spiro atoms. The Morgan fingerprint density at radius 1 is 1.33 bits per heavy atom. The molecule has 0 aliphatic heterocycles. The first kappa shape index (κ1) is 11.7. The van der Waals surface area contributed by atoms with Crippen LogP contribution in [0.3, 0.4) is 0 Å². The van der Waals surface area contributed by atoms with Gasteiger partial charge < -0.3 is 4.84 Å². The van der Waals surface area contributed by atoms with Gasteiger partial charge >= 0.3 is 5.97 Å². The second kappa shape index (κ2) is 4.90. The third-order valence-corrected chi connectivity index (χ3v) is 2.80. The van der Waals surface area contributed by atoms with Gasteiger partial charge in [0, 0.05) is 6.42 Å². The lowest BCUT2D eigenvalue weighted by Crippen LogP contribution is -2.26. The maximum absolute atomic E-state index is 11.5. The minimum Gasteiger partial charge on any atom is -0.356 e. The van der Waals surface area contributed by atoms with Gasteiger partial charge in [0.2, 0.25) is 0 Å². The highest BCUT2D eigenvalue weighted by molar-refractivity contribution is 7.89. The fourth-order valence-corrected chi connectivity index (χ4v) is 1.64. The molecule has 0 heterocycles. The van der Waals surface area contributed by atoms with Crippen molar-refractivity contribution in [3.05, 3.63) is 30.3 Å². The Morgan fingerprint density at radius 2 is 1.93 bits per heavy atom. The lowest BCUT2D eigenvalue weighted by molar-refractivity contribution is -0.146. The molecule has 1 rings (SSSR count). The summed E-state index contributed by atoms with van der Waals surface area (Å²) >= 11 is 0. The molecule has 0 saturated carbocycles. The minimum atomic E-state index is -3.76. The average molecular weight is 229 g/mol. The number of carbonyl (C=O) groups excluding carboxylic acids is 1. The van der Waals surface area contributed by atoms with Crippen LogP contribution >= 0.6 is 0 Å². The van der Waals surface area contributed by atoms with E-state index in [2.05, 4.69) is 4.84 Å². The predicted molar refractivity (Wildman–Crippen MR) is 53.1 cm³/mol. The molecule has 0 bridgehead atoms. The molecule has 82 valence electrons. The van der Waals surface area contributed by atoms with Gasteiger partial charge in [0.05, 0.1) is 4.90 Å². The molecule has 0 amide bonds. The smallest absolute Gasteiger partial charge is 0.325 e. The molecule has 6 heteroatoms. The van der Waals surface area contributed by atoms with E-state index in [1.807, 2.05) is 0 Å². The summed E-state index contributed by atoms with van der Waals surface area (Å²) in [6, 6.07) is 7.66. The van der Waals surface area contributed by atoms with Crippen molar-refractivity contribution >= 4 is 16.0 Å². The van der Waals surface area contributed by atoms with Crippen LogP contribution in [0.4, 0.5) is 0 Å². The van der Waals surface area contributed by atoms with Crippen LogP contribution in [0.25, 0.3) is 0 Å². The third kappa shape index (κ3) is 3.34. The van der Waals surface area contributed by atoms with Gasteiger partial charge in [-0.25, -0.2) is 8.42 Å². The Labute approximate surface area is 88.1 Å². The van der Waals surface area contributed by atoms with Gasteiger partial charge in [-0.05, 0) is 17.0 Å². The Bertz CT molecular complexity index is 427. The molecule has 0 radical (unpaired) electrons. The highest BCUT2D eigenvalue weighted by atomic mass is 32.2. The number of benzene rings is 1. The number of carbonyl (C=O) groups is 1. The number of hydrogen-bond acceptors (Lipinski definition) is 4. The van der Waals surface area contributed by atoms with Crippen molar-refractivity contribution in [1.29, 1.82) is 0 Å². The molecular weight excluding hydrogens is 218 g/mol. The fourth-order valence-electron chi connectivity index (χ4n) is 0.821. The summed E-state index contributed by atoms with van der Waals surface area (Å²) in [6.45, 7) is 1.57. The summed E-state index contributed by atoms with van der Waals surface area (Å²) in [5, 5.41) is 0. The Balaban J connectivity index is 2.73. The van der Waals surface area contributed by atoms with Crippen LogP contribution in [-0.2, 0) is 19.7 Å². The van der Waals surface area contributed by atoms with Gasteiger partial charge in [-0.15, -0.1) is 0 Å². The predicted octanol–water partition coefficient (Wildman–Crippen LogP) is 0.833. The average Bonchev–Trinajstić information content (AvgIpc) is 2.27. The third-order valence-electron chi connectivity index (χ3n) is 1.61. The summed E-state index contributed by atoms with van der Waals surface area (Å²) in [5.41, 5.74) is 0. The normalized spacial score (nSPS) is 11.0. The Hall–Kier alpha value is -1.40. The zero-order valence-corrected chi connectivity index (χ0v) is 8.95. The van der Waals surface area contributed by atoms with E-state index in [4.69, 9.17) is 0 Å². The lowest BCUT2D eigenvalue weighted by Gasteiger charge is -2.05. The van der Waals surface area contributed by atoms with Crippen LogP contribution in [-0.4, -0.2) is 14.4 Å². The van der Waals surface area contributed by atoms with E-state index in [0.29, 0.717) is 0 Å². The number of hydrogen-bond donors (Lipinski definition) is 1. The van der Waals surface area contributed by atoms with Crippen molar-refractivity contribution in [1.82, 2.24) is 4.89 Å². The second-order valence-corrected chi connectivity index (χ2v) is 4.37.